The Morgan fingerprint density at radius 1 is 0.917 bits per heavy atom. The lowest BCUT2D eigenvalue weighted by Crippen LogP contribution is -1.66. The van der Waals surface area contributed by atoms with Gasteiger partial charge in [-0.3, -0.25) is 0 Å². The van der Waals surface area contributed by atoms with Gasteiger partial charge < -0.3 is 0 Å². The average Bonchev–Trinajstić information content (AvgIpc) is 2.74. The highest BCUT2D eigenvalue weighted by molar-refractivity contribution is 7.11. The smallest absolute Gasteiger partial charge is 0.116 e. The van der Waals surface area contributed by atoms with E-state index in [0.29, 0.717) is 0 Å². The maximum atomic E-state index is 4.12. The van der Waals surface area contributed by atoms with E-state index in [1.165, 1.54) is 0 Å². The lowest BCUT2D eigenvalue weighted by Gasteiger charge is -1.80. The summed E-state index contributed by atoms with van der Waals surface area (Å²) in [5.41, 5.74) is 0. The molecule has 2 aromatic rings. The van der Waals surface area contributed by atoms with Crippen LogP contribution in [0.5, 0.6) is 0 Å². The van der Waals surface area contributed by atoms with Crippen molar-refractivity contribution in [3.63, 3.8) is 0 Å². The maximum absolute atomic E-state index is 4.12. The van der Waals surface area contributed by atoms with E-state index in [2.05, 4.69) is 9.97 Å². The summed E-state index contributed by atoms with van der Waals surface area (Å²) in [5, 5.41) is 5.96. The van der Waals surface area contributed by atoms with Crippen molar-refractivity contribution in [2.24, 2.45) is 0 Å². The summed E-state index contributed by atoms with van der Waals surface area (Å²) in [6.07, 6.45) is 7.55. The minimum atomic E-state index is 1.02. The normalized spacial score (nSPS) is 11.0. The highest BCUT2D eigenvalue weighted by Gasteiger charge is 1.89. The number of thiazole rings is 2. The van der Waals surface area contributed by atoms with Crippen LogP contribution in [0.1, 0.15) is 10.0 Å². The highest BCUT2D eigenvalue weighted by atomic mass is 32.1. The largest absolute Gasteiger partial charge is 0.245 e. The van der Waals surface area contributed by atoms with Crippen molar-refractivity contribution >= 4 is 34.8 Å². The van der Waals surface area contributed by atoms with E-state index in [9.17, 15) is 0 Å². The van der Waals surface area contributed by atoms with Crippen molar-refractivity contribution in [3.05, 3.63) is 33.2 Å². The minimum Gasteiger partial charge on any atom is -0.245 e. The van der Waals surface area contributed by atoms with Crippen LogP contribution in [0, 0.1) is 0 Å². The van der Waals surface area contributed by atoms with E-state index in [0.717, 1.165) is 10.0 Å². The van der Waals surface area contributed by atoms with E-state index in [-0.39, 0.29) is 0 Å². The van der Waals surface area contributed by atoms with Crippen LogP contribution in [-0.2, 0) is 0 Å². The van der Waals surface area contributed by atoms with Crippen LogP contribution in [0.4, 0.5) is 0 Å². The molecule has 0 N–H and O–H groups in total. The molecule has 2 heterocycles. The second-order valence-corrected chi connectivity index (χ2v) is 3.93. The Hall–Kier alpha value is -1.00. The molecular weight excluding hydrogens is 188 g/mol. The fourth-order valence-corrected chi connectivity index (χ4v) is 1.84. The molecule has 0 amide bonds. The van der Waals surface area contributed by atoms with E-state index in [4.69, 9.17) is 0 Å². The van der Waals surface area contributed by atoms with Gasteiger partial charge in [-0.05, 0) is 12.2 Å². The van der Waals surface area contributed by atoms with Crippen LogP contribution in [0.2, 0.25) is 0 Å². The number of hydrogen-bond acceptors (Lipinski definition) is 4. The monoisotopic (exact) mass is 194 g/mol. The molecule has 12 heavy (non-hydrogen) atoms. The minimum absolute atomic E-state index is 1.02. The number of rotatable bonds is 2. The highest BCUT2D eigenvalue weighted by Crippen LogP contribution is 2.11. The lowest BCUT2D eigenvalue weighted by atomic mass is 10.5. The second kappa shape index (κ2) is 3.60. The van der Waals surface area contributed by atoms with Gasteiger partial charge in [0.2, 0.25) is 0 Å². The first kappa shape index (κ1) is 7.64. The lowest BCUT2D eigenvalue weighted by molar-refractivity contribution is 1.38. The van der Waals surface area contributed by atoms with Gasteiger partial charge >= 0.3 is 0 Å². The molecule has 0 unspecified atom stereocenters. The van der Waals surface area contributed by atoms with Crippen molar-refractivity contribution in [2.75, 3.05) is 0 Å². The molecule has 0 fully saturated rings. The van der Waals surface area contributed by atoms with Crippen molar-refractivity contribution < 1.29 is 0 Å². The Bertz CT molecular complexity index is 312. The van der Waals surface area contributed by atoms with E-state index in [1.807, 2.05) is 22.9 Å². The van der Waals surface area contributed by atoms with Crippen LogP contribution in [-0.4, -0.2) is 9.97 Å². The predicted octanol–water partition coefficient (Wildman–Crippen LogP) is 2.77. The summed E-state index contributed by atoms with van der Waals surface area (Å²) < 4.78 is 0. The third kappa shape index (κ3) is 1.78. The van der Waals surface area contributed by atoms with Crippen molar-refractivity contribution in [1.82, 2.24) is 9.97 Å². The molecule has 0 saturated carbocycles. The molecule has 0 spiro atoms. The third-order valence-electron chi connectivity index (χ3n) is 1.27. The van der Waals surface area contributed by atoms with Gasteiger partial charge in [0.25, 0.3) is 0 Å². The van der Waals surface area contributed by atoms with Crippen LogP contribution in [0.3, 0.4) is 0 Å². The van der Waals surface area contributed by atoms with Crippen molar-refractivity contribution in [2.45, 2.75) is 0 Å². The zero-order chi connectivity index (χ0) is 8.23. The van der Waals surface area contributed by atoms with E-state index >= 15 is 0 Å². The summed E-state index contributed by atoms with van der Waals surface area (Å²) >= 11 is 3.25. The maximum Gasteiger partial charge on any atom is 0.116 e. The number of nitrogens with zero attached hydrogens (tertiary/aromatic N) is 2. The Morgan fingerprint density at radius 2 is 1.42 bits per heavy atom. The van der Waals surface area contributed by atoms with Gasteiger partial charge in [-0.1, -0.05) is 0 Å². The first-order chi connectivity index (χ1) is 5.95. The van der Waals surface area contributed by atoms with E-state index < -0.39 is 0 Å². The molecule has 2 rings (SSSR count). The summed E-state index contributed by atoms with van der Waals surface area (Å²) in [4.78, 5) is 8.25. The molecule has 0 bridgehead atoms. The molecule has 0 atom stereocenters. The van der Waals surface area contributed by atoms with Crippen LogP contribution in [0.15, 0.2) is 23.2 Å². The Balaban J connectivity index is 2.14. The van der Waals surface area contributed by atoms with Gasteiger partial charge in [-0.2, -0.15) is 0 Å². The van der Waals surface area contributed by atoms with Gasteiger partial charge in [0.05, 0.1) is 0 Å². The SMILES string of the molecule is C(=Cc1nccs1)c1nccs1. The van der Waals surface area contributed by atoms with Gasteiger partial charge in [0, 0.05) is 23.2 Å². The number of aromatic nitrogens is 2. The van der Waals surface area contributed by atoms with Crippen LogP contribution < -0.4 is 0 Å². The first-order valence-electron chi connectivity index (χ1n) is 3.42. The molecule has 0 aliphatic rings. The molecule has 2 nitrogen and oxygen atoms in total. The standard InChI is InChI=1S/C8H6N2S2/c1(7-9-3-5-11-7)2-8-10-4-6-12-8/h1-6H. The van der Waals surface area contributed by atoms with Crippen molar-refractivity contribution in [3.8, 4) is 0 Å². The Morgan fingerprint density at radius 3 is 1.75 bits per heavy atom. The van der Waals surface area contributed by atoms with Gasteiger partial charge in [-0.15, -0.1) is 22.7 Å². The zero-order valence-electron chi connectivity index (χ0n) is 6.18. The first-order valence-corrected chi connectivity index (χ1v) is 5.18. The fraction of sp³-hybridized carbons (Fsp3) is 0. The molecule has 0 saturated heterocycles. The summed E-state index contributed by atoms with van der Waals surface area (Å²) in [5.74, 6) is 0. The number of hydrogen-bond donors (Lipinski definition) is 0. The third-order valence-corrected chi connectivity index (χ3v) is 2.75. The van der Waals surface area contributed by atoms with Crippen molar-refractivity contribution in [1.29, 1.82) is 0 Å². The predicted molar refractivity (Wildman–Crippen MR) is 53.2 cm³/mol. The summed E-state index contributed by atoms with van der Waals surface area (Å²) in [6, 6.07) is 0. The Kier molecular flexibility index (Phi) is 2.29. The molecule has 0 aliphatic heterocycles. The van der Waals surface area contributed by atoms with E-state index in [1.54, 1.807) is 35.1 Å². The molecule has 4 heteroatoms. The molecule has 0 radical (unpaired) electrons. The zero-order valence-corrected chi connectivity index (χ0v) is 7.81. The van der Waals surface area contributed by atoms with Gasteiger partial charge in [0.15, 0.2) is 0 Å². The quantitative estimate of drug-likeness (QED) is 0.734. The van der Waals surface area contributed by atoms with Crippen LogP contribution >= 0.6 is 22.7 Å². The average molecular weight is 194 g/mol. The molecule has 0 aromatic carbocycles. The van der Waals surface area contributed by atoms with Crippen LogP contribution in [0.25, 0.3) is 12.2 Å². The Labute approximate surface area is 78.2 Å². The summed E-state index contributed by atoms with van der Waals surface area (Å²) in [7, 11) is 0. The molecule has 2 aromatic heterocycles. The summed E-state index contributed by atoms with van der Waals surface area (Å²) in [6.45, 7) is 0. The molecule has 60 valence electrons. The van der Waals surface area contributed by atoms with Gasteiger partial charge in [-0.25, -0.2) is 9.97 Å². The molecule has 0 aliphatic carbocycles. The van der Waals surface area contributed by atoms with Gasteiger partial charge in [0.1, 0.15) is 10.0 Å². The fourth-order valence-electron chi connectivity index (χ4n) is 0.776. The second-order valence-electron chi connectivity index (χ2n) is 2.07. The topological polar surface area (TPSA) is 25.8 Å². The molecular formula is C8H6N2S2.